The van der Waals surface area contributed by atoms with Crippen molar-refractivity contribution in [3.8, 4) is 0 Å². The van der Waals surface area contributed by atoms with Crippen molar-refractivity contribution in [3.63, 3.8) is 0 Å². The summed E-state index contributed by atoms with van der Waals surface area (Å²) in [6.07, 6.45) is 0. The Balaban J connectivity index is 2.22. The summed E-state index contributed by atoms with van der Waals surface area (Å²) in [4.78, 5) is 19.4. The molecule has 0 aliphatic heterocycles. The van der Waals surface area contributed by atoms with Crippen LogP contribution in [-0.2, 0) is 0 Å². The van der Waals surface area contributed by atoms with Crippen LogP contribution in [0.25, 0.3) is 10.2 Å². The van der Waals surface area contributed by atoms with Crippen LogP contribution >= 0.6 is 11.3 Å². The van der Waals surface area contributed by atoms with E-state index >= 15 is 0 Å². The van der Waals surface area contributed by atoms with Crippen LogP contribution in [-0.4, -0.2) is 4.98 Å². The maximum absolute atomic E-state index is 12.1. The first-order chi connectivity index (χ1) is 9.61. The predicted molar refractivity (Wildman–Crippen MR) is 83.6 cm³/mol. The molecule has 0 aliphatic rings. The SMILES string of the molecule is Cc1ccc(N=c2sc3cc(C)ccc3[nH]c2=O)cc1. The highest BCUT2D eigenvalue weighted by Crippen LogP contribution is 2.15. The van der Waals surface area contributed by atoms with Crippen LogP contribution in [0.2, 0.25) is 0 Å². The molecule has 1 aromatic heterocycles. The van der Waals surface area contributed by atoms with E-state index < -0.39 is 0 Å². The Bertz CT molecular complexity index is 889. The summed E-state index contributed by atoms with van der Waals surface area (Å²) in [5.74, 6) is 0. The molecule has 3 nitrogen and oxygen atoms in total. The molecule has 2 aromatic carbocycles. The Hall–Kier alpha value is -2.20. The number of hydrogen-bond acceptors (Lipinski definition) is 3. The van der Waals surface area contributed by atoms with E-state index in [2.05, 4.69) is 16.0 Å². The topological polar surface area (TPSA) is 45.2 Å². The van der Waals surface area contributed by atoms with E-state index in [1.807, 2.05) is 50.2 Å². The second-order valence-corrected chi connectivity index (χ2v) is 5.84. The number of aryl methyl sites for hydroxylation is 2. The fraction of sp³-hybridized carbons (Fsp3) is 0.125. The lowest BCUT2D eigenvalue weighted by atomic mass is 10.2. The molecule has 0 saturated carbocycles. The minimum absolute atomic E-state index is 0.146. The van der Waals surface area contributed by atoms with Gasteiger partial charge in [-0.25, -0.2) is 4.99 Å². The zero-order valence-corrected chi connectivity index (χ0v) is 12.1. The van der Waals surface area contributed by atoms with Gasteiger partial charge in [-0.05, 0) is 43.7 Å². The highest BCUT2D eigenvalue weighted by atomic mass is 32.1. The molecule has 1 N–H and O–H groups in total. The van der Waals surface area contributed by atoms with Crippen LogP contribution < -0.4 is 10.2 Å². The number of H-pyrrole nitrogens is 1. The molecule has 0 unspecified atom stereocenters. The van der Waals surface area contributed by atoms with Crippen molar-refractivity contribution < 1.29 is 0 Å². The first kappa shape index (κ1) is 12.8. The zero-order valence-electron chi connectivity index (χ0n) is 11.3. The average Bonchev–Trinajstić information content (AvgIpc) is 2.42. The van der Waals surface area contributed by atoms with E-state index in [-0.39, 0.29) is 5.56 Å². The number of fused-ring (bicyclic) bond motifs is 1. The van der Waals surface area contributed by atoms with Crippen molar-refractivity contribution in [1.29, 1.82) is 0 Å². The monoisotopic (exact) mass is 282 g/mol. The Morgan fingerprint density at radius 3 is 2.45 bits per heavy atom. The van der Waals surface area contributed by atoms with Crippen LogP contribution in [0.5, 0.6) is 0 Å². The summed E-state index contributed by atoms with van der Waals surface area (Å²) >= 11 is 1.42. The largest absolute Gasteiger partial charge is 0.319 e. The Kier molecular flexibility index (Phi) is 3.24. The first-order valence-electron chi connectivity index (χ1n) is 6.37. The van der Waals surface area contributed by atoms with Gasteiger partial charge in [0.1, 0.15) is 0 Å². The normalized spacial score (nSPS) is 12.0. The van der Waals surface area contributed by atoms with Crippen LogP contribution in [0.15, 0.2) is 52.3 Å². The van der Waals surface area contributed by atoms with E-state index in [9.17, 15) is 4.79 Å². The summed E-state index contributed by atoms with van der Waals surface area (Å²) in [5.41, 5.74) is 3.85. The predicted octanol–water partition coefficient (Wildman–Crippen LogP) is 3.44. The highest BCUT2D eigenvalue weighted by Gasteiger charge is 2.00. The van der Waals surface area contributed by atoms with E-state index in [0.29, 0.717) is 4.67 Å². The molecule has 3 rings (SSSR count). The second kappa shape index (κ2) is 5.06. The molecule has 20 heavy (non-hydrogen) atoms. The molecular formula is C16H14N2OS. The van der Waals surface area contributed by atoms with Crippen LogP contribution in [0.1, 0.15) is 11.1 Å². The molecular weight excluding hydrogens is 268 g/mol. The lowest BCUT2D eigenvalue weighted by molar-refractivity contribution is 1.24. The lowest BCUT2D eigenvalue weighted by Gasteiger charge is -1.98. The minimum atomic E-state index is -0.146. The number of nitrogens with zero attached hydrogens (tertiary/aromatic N) is 1. The number of nitrogens with one attached hydrogen (secondary N) is 1. The van der Waals surface area contributed by atoms with E-state index in [1.165, 1.54) is 22.5 Å². The first-order valence-corrected chi connectivity index (χ1v) is 7.19. The summed E-state index contributed by atoms with van der Waals surface area (Å²) in [6, 6.07) is 13.8. The number of hydrogen-bond donors (Lipinski definition) is 1. The maximum Gasteiger partial charge on any atom is 0.284 e. The Labute approximate surface area is 120 Å². The number of benzene rings is 2. The van der Waals surface area contributed by atoms with Gasteiger partial charge in [-0.1, -0.05) is 23.8 Å². The van der Waals surface area contributed by atoms with Gasteiger partial charge in [0.2, 0.25) is 0 Å². The van der Waals surface area contributed by atoms with Crippen molar-refractivity contribution in [3.05, 3.63) is 68.6 Å². The van der Waals surface area contributed by atoms with E-state index in [0.717, 1.165) is 15.9 Å². The van der Waals surface area contributed by atoms with Gasteiger partial charge in [-0.2, -0.15) is 0 Å². The zero-order chi connectivity index (χ0) is 14.1. The third kappa shape index (κ3) is 2.56. The quantitative estimate of drug-likeness (QED) is 0.730. The van der Waals surface area contributed by atoms with Gasteiger partial charge >= 0.3 is 0 Å². The van der Waals surface area contributed by atoms with Crippen LogP contribution in [0.4, 0.5) is 5.69 Å². The average molecular weight is 282 g/mol. The molecule has 0 fully saturated rings. The fourth-order valence-corrected chi connectivity index (χ4v) is 2.93. The molecule has 3 aromatic rings. The maximum atomic E-state index is 12.1. The van der Waals surface area contributed by atoms with Crippen molar-refractivity contribution >= 4 is 27.2 Å². The van der Waals surface area contributed by atoms with Crippen molar-refractivity contribution in [1.82, 2.24) is 4.98 Å². The lowest BCUT2D eigenvalue weighted by Crippen LogP contribution is -2.24. The molecule has 0 atom stereocenters. The molecule has 100 valence electrons. The van der Waals surface area contributed by atoms with Crippen LogP contribution in [0.3, 0.4) is 0 Å². The number of rotatable bonds is 1. The Morgan fingerprint density at radius 2 is 1.70 bits per heavy atom. The minimum Gasteiger partial charge on any atom is -0.319 e. The van der Waals surface area contributed by atoms with Crippen molar-refractivity contribution in [2.75, 3.05) is 0 Å². The molecule has 0 amide bonds. The number of aromatic nitrogens is 1. The summed E-state index contributed by atoms with van der Waals surface area (Å²) in [5, 5.41) is 0. The summed E-state index contributed by atoms with van der Waals surface area (Å²) in [6.45, 7) is 4.06. The second-order valence-electron chi connectivity index (χ2n) is 4.81. The smallest absolute Gasteiger partial charge is 0.284 e. The molecule has 0 bridgehead atoms. The molecule has 0 saturated heterocycles. The molecule has 4 heteroatoms. The summed E-state index contributed by atoms with van der Waals surface area (Å²) in [7, 11) is 0. The standard InChI is InChI=1S/C16H14N2OS/c1-10-3-6-12(7-4-10)17-16-15(19)18-13-8-5-11(2)9-14(13)20-16/h3-9H,1-2H3,(H,18,19). The summed E-state index contributed by atoms with van der Waals surface area (Å²) < 4.78 is 1.52. The number of aromatic amines is 1. The van der Waals surface area contributed by atoms with Gasteiger partial charge in [0, 0.05) is 0 Å². The molecule has 0 aliphatic carbocycles. The van der Waals surface area contributed by atoms with E-state index in [4.69, 9.17) is 0 Å². The van der Waals surface area contributed by atoms with Crippen molar-refractivity contribution in [2.24, 2.45) is 4.99 Å². The molecule has 1 heterocycles. The van der Waals surface area contributed by atoms with Gasteiger partial charge in [0.05, 0.1) is 15.9 Å². The van der Waals surface area contributed by atoms with Crippen molar-refractivity contribution in [2.45, 2.75) is 13.8 Å². The van der Waals surface area contributed by atoms with Gasteiger partial charge in [-0.3, -0.25) is 4.79 Å². The van der Waals surface area contributed by atoms with Gasteiger partial charge < -0.3 is 4.98 Å². The Morgan fingerprint density at radius 1 is 1.00 bits per heavy atom. The van der Waals surface area contributed by atoms with Gasteiger partial charge in [0.25, 0.3) is 5.56 Å². The van der Waals surface area contributed by atoms with E-state index in [1.54, 1.807) is 0 Å². The van der Waals surface area contributed by atoms with Crippen LogP contribution in [0, 0.1) is 13.8 Å². The fourth-order valence-electron chi connectivity index (χ4n) is 1.95. The van der Waals surface area contributed by atoms with Gasteiger partial charge in [-0.15, -0.1) is 11.3 Å². The third-order valence-corrected chi connectivity index (χ3v) is 4.08. The highest BCUT2D eigenvalue weighted by molar-refractivity contribution is 7.16. The molecule has 0 spiro atoms. The van der Waals surface area contributed by atoms with Gasteiger partial charge in [0.15, 0.2) is 4.67 Å². The molecule has 0 radical (unpaired) electrons. The third-order valence-electron chi connectivity index (χ3n) is 3.05.